The predicted octanol–water partition coefficient (Wildman–Crippen LogP) is 3.77. The monoisotopic (exact) mass is 383 g/mol. The van der Waals surface area contributed by atoms with Gasteiger partial charge in [0.15, 0.2) is 5.76 Å². The van der Waals surface area contributed by atoms with Gasteiger partial charge in [0.05, 0.1) is 6.26 Å². The Hall–Kier alpha value is -2.60. The normalized spacial score (nSPS) is 17.2. The number of rotatable bonds is 8. The van der Waals surface area contributed by atoms with Crippen LogP contribution in [0.15, 0.2) is 47.1 Å². The van der Waals surface area contributed by atoms with Gasteiger partial charge in [-0.2, -0.15) is 0 Å². The van der Waals surface area contributed by atoms with E-state index in [4.69, 9.17) is 4.42 Å². The summed E-state index contributed by atoms with van der Waals surface area (Å²) in [7, 11) is 0. The van der Waals surface area contributed by atoms with E-state index in [2.05, 4.69) is 22.5 Å². The lowest BCUT2D eigenvalue weighted by Crippen LogP contribution is -2.35. The molecule has 1 aliphatic heterocycles. The molecule has 1 aliphatic rings. The van der Waals surface area contributed by atoms with Crippen LogP contribution in [0.2, 0.25) is 0 Å². The first-order valence-electron chi connectivity index (χ1n) is 10.1. The van der Waals surface area contributed by atoms with E-state index in [0.29, 0.717) is 17.8 Å². The van der Waals surface area contributed by atoms with Crippen molar-refractivity contribution in [3.63, 3.8) is 0 Å². The Kier molecular flexibility index (Phi) is 7.25. The van der Waals surface area contributed by atoms with Crippen molar-refractivity contribution in [2.24, 2.45) is 5.92 Å². The number of nitrogens with zero attached hydrogens (tertiary/aromatic N) is 1. The number of anilines is 1. The van der Waals surface area contributed by atoms with Crippen molar-refractivity contribution in [2.75, 3.05) is 31.5 Å². The van der Waals surface area contributed by atoms with Crippen molar-refractivity contribution < 1.29 is 14.0 Å². The first-order chi connectivity index (χ1) is 13.6. The average Bonchev–Trinajstić information content (AvgIpc) is 3.23. The highest BCUT2D eigenvalue weighted by molar-refractivity contribution is 6.03. The molecule has 0 saturated carbocycles. The molecule has 150 valence electrons. The zero-order chi connectivity index (χ0) is 19.8. The zero-order valence-electron chi connectivity index (χ0n) is 16.4. The van der Waals surface area contributed by atoms with E-state index in [0.717, 1.165) is 25.3 Å². The maximum absolute atomic E-state index is 12.4. The van der Waals surface area contributed by atoms with E-state index in [9.17, 15) is 9.59 Å². The van der Waals surface area contributed by atoms with Gasteiger partial charge in [-0.25, -0.2) is 0 Å². The third kappa shape index (κ3) is 5.96. The lowest BCUT2D eigenvalue weighted by molar-refractivity contribution is 0.0950. The number of hydrogen-bond donors (Lipinski definition) is 2. The smallest absolute Gasteiger partial charge is 0.291 e. The van der Waals surface area contributed by atoms with Gasteiger partial charge in [0.25, 0.3) is 11.8 Å². The second-order valence-corrected chi connectivity index (χ2v) is 7.52. The predicted molar refractivity (Wildman–Crippen MR) is 110 cm³/mol. The number of carbonyl (C=O) groups excluding carboxylic acids is 2. The lowest BCUT2D eigenvalue weighted by Gasteiger charge is -2.30. The topological polar surface area (TPSA) is 74.6 Å². The summed E-state index contributed by atoms with van der Waals surface area (Å²) in [4.78, 5) is 26.9. The van der Waals surface area contributed by atoms with Gasteiger partial charge < -0.3 is 20.0 Å². The lowest BCUT2D eigenvalue weighted by atomic mass is 10.0. The molecule has 2 amide bonds. The largest absolute Gasteiger partial charge is 0.459 e. The van der Waals surface area contributed by atoms with Crippen LogP contribution in [0.5, 0.6) is 0 Å². The molecule has 3 rings (SSSR count). The summed E-state index contributed by atoms with van der Waals surface area (Å²) in [5.74, 6) is 0.572. The quantitative estimate of drug-likeness (QED) is 0.681. The van der Waals surface area contributed by atoms with Gasteiger partial charge in [-0.15, -0.1) is 0 Å². The molecule has 6 nitrogen and oxygen atoms in total. The molecule has 2 aromatic rings. The van der Waals surface area contributed by atoms with Crippen LogP contribution in [0.25, 0.3) is 0 Å². The molecular weight excluding hydrogens is 354 g/mol. The van der Waals surface area contributed by atoms with Crippen LogP contribution in [0.3, 0.4) is 0 Å². The fraction of sp³-hybridized carbons (Fsp3) is 0.455. The Labute approximate surface area is 166 Å². The van der Waals surface area contributed by atoms with E-state index >= 15 is 0 Å². The van der Waals surface area contributed by atoms with Crippen molar-refractivity contribution in [3.05, 3.63) is 54.0 Å². The summed E-state index contributed by atoms with van der Waals surface area (Å²) in [6.07, 6.45) is 6.14. The number of furan rings is 1. The summed E-state index contributed by atoms with van der Waals surface area (Å²) in [5.41, 5.74) is 1.09. The standard InChI is InChI=1S/C22H29N3O3/c1-17-7-5-13-25(16-17)12-3-2-11-23-21(26)18-8-4-9-19(15-18)24-22(27)20-10-6-14-28-20/h4,6,8-10,14-15,17H,2-3,5,7,11-13,16H2,1H3,(H,23,26)(H,24,27). The average molecular weight is 383 g/mol. The summed E-state index contributed by atoms with van der Waals surface area (Å²) >= 11 is 0. The van der Waals surface area contributed by atoms with Gasteiger partial charge in [0.1, 0.15) is 0 Å². The van der Waals surface area contributed by atoms with Crippen LogP contribution in [0, 0.1) is 5.92 Å². The molecule has 2 N–H and O–H groups in total. The molecule has 1 atom stereocenters. The first kappa shape index (κ1) is 20.1. The summed E-state index contributed by atoms with van der Waals surface area (Å²) in [6.45, 7) is 6.48. The van der Waals surface area contributed by atoms with Crippen LogP contribution in [0.1, 0.15) is 53.5 Å². The molecule has 1 unspecified atom stereocenters. The molecule has 0 aliphatic carbocycles. The molecule has 1 aromatic carbocycles. The van der Waals surface area contributed by atoms with Gasteiger partial charge in [0.2, 0.25) is 0 Å². The fourth-order valence-electron chi connectivity index (χ4n) is 3.59. The van der Waals surface area contributed by atoms with Crippen molar-refractivity contribution in [3.8, 4) is 0 Å². The van der Waals surface area contributed by atoms with E-state index < -0.39 is 0 Å². The van der Waals surface area contributed by atoms with Crippen LogP contribution in [0.4, 0.5) is 5.69 Å². The minimum Gasteiger partial charge on any atom is -0.459 e. The van der Waals surface area contributed by atoms with Gasteiger partial charge in [-0.1, -0.05) is 13.0 Å². The maximum atomic E-state index is 12.4. The minimum atomic E-state index is -0.338. The second kappa shape index (κ2) is 10.1. The number of likely N-dealkylation sites (tertiary alicyclic amines) is 1. The number of piperidine rings is 1. The maximum Gasteiger partial charge on any atom is 0.291 e. The summed E-state index contributed by atoms with van der Waals surface area (Å²) in [6, 6.07) is 10.2. The number of nitrogens with one attached hydrogen (secondary N) is 2. The van der Waals surface area contributed by atoms with Gasteiger partial charge >= 0.3 is 0 Å². The summed E-state index contributed by atoms with van der Waals surface area (Å²) < 4.78 is 5.08. The Morgan fingerprint density at radius 2 is 2.07 bits per heavy atom. The highest BCUT2D eigenvalue weighted by Crippen LogP contribution is 2.16. The molecule has 0 radical (unpaired) electrons. The van der Waals surface area contributed by atoms with Crippen LogP contribution < -0.4 is 10.6 Å². The third-order valence-corrected chi connectivity index (χ3v) is 5.06. The Balaban J connectivity index is 1.40. The van der Waals surface area contributed by atoms with E-state index in [1.165, 1.54) is 32.2 Å². The third-order valence-electron chi connectivity index (χ3n) is 5.06. The van der Waals surface area contributed by atoms with Gasteiger partial charge in [-0.05, 0) is 75.0 Å². The molecule has 1 fully saturated rings. The van der Waals surface area contributed by atoms with Crippen LogP contribution in [-0.4, -0.2) is 42.9 Å². The molecule has 1 aromatic heterocycles. The molecule has 0 bridgehead atoms. The van der Waals surface area contributed by atoms with Crippen molar-refractivity contribution in [1.82, 2.24) is 10.2 Å². The van der Waals surface area contributed by atoms with Crippen LogP contribution in [-0.2, 0) is 0 Å². The molecule has 28 heavy (non-hydrogen) atoms. The first-order valence-corrected chi connectivity index (χ1v) is 10.1. The molecule has 2 heterocycles. The summed E-state index contributed by atoms with van der Waals surface area (Å²) in [5, 5.41) is 5.70. The highest BCUT2D eigenvalue weighted by atomic mass is 16.3. The number of unbranched alkanes of at least 4 members (excludes halogenated alkanes) is 1. The number of benzene rings is 1. The molecular formula is C22H29N3O3. The van der Waals surface area contributed by atoms with Gasteiger partial charge in [0, 0.05) is 24.3 Å². The van der Waals surface area contributed by atoms with E-state index in [-0.39, 0.29) is 17.6 Å². The van der Waals surface area contributed by atoms with Crippen molar-refractivity contribution in [1.29, 1.82) is 0 Å². The zero-order valence-corrected chi connectivity index (χ0v) is 16.4. The SMILES string of the molecule is CC1CCCN(CCCCNC(=O)c2cccc(NC(=O)c3ccco3)c2)C1. The van der Waals surface area contributed by atoms with Crippen molar-refractivity contribution in [2.45, 2.75) is 32.6 Å². The van der Waals surface area contributed by atoms with E-state index in [1.54, 1.807) is 36.4 Å². The number of amides is 2. The highest BCUT2D eigenvalue weighted by Gasteiger charge is 2.15. The number of carbonyl (C=O) groups is 2. The number of hydrogen-bond acceptors (Lipinski definition) is 4. The van der Waals surface area contributed by atoms with E-state index in [1.807, 2.05) is 0 Å². The second-order valence-electron chi connectivity index (χ2n) is 7.52. The Morgan fingerprint density at radius 3 is 2.86 bits per heavy atom. The molecule has 1 saturated heterocycles. The minimum absolute atomic E-state index is 0.124. The fourth-order valence-corrected chi connectivity index (χ4v) is 3.59. The Morgan fingerprint density at radius 1 is 1.18 bits per heavy atom. The molecule has 0 spiro atoms. The molecule has 6 heteroatoms. The van der Waals surface area contributed by atoms with Gasteiger partial charge in [-0.3, -0.25) is 9.59 Å². The van der Waals surface area contributed by atoms with Crippen molar-refractivity contribution >= 4 is 17.5 Å². The Bertz CT molecular complexity index is 773. The van der Waals surface area contributed by atoms with Crippen LogP contribution >= 0.6 is 0 Å².